The van der Waals surface area contributed by atoms with Gasteiger partial charge in [-0.25, -0.2) is 4.39 Å². The first-order valence-electron chi connectivity index (χ1n) is 9.08. The molecule has 0 unspecified atom stereocenters. The van der Waals surface area contributed by atoms with Crippen LogP contribution >= 0.6 is 0 Å². The van der Waals surface area contributed by atoms with E-state index in [1.54, 1.807) is 0 Å². The van der Waals surface area contributed by atoms with Crippen LogP contribution in [-0.4, -0.2) is 43.7 Å². The molecule has 0 spiro atoms. The molecule has 0 bridgehead atoms. The van der Waals surface area contributed by atoms with Crippen molar-refractivity contribution in [2.75, 3.05) is 32.8 Å². The molecule has 0 radical (unpaired) electrons. The highest BCUT2D eigenvalue weighted by Crippen LogP contribution is 2.35. The largest absolute Gasteiger partial charge is 0.381 e. The highest BCUT2D eigenvalue weighted by atomic mass is 19.1. The molecule has 4 nitrogen and oxygen atoms in total. The molecule has 5 heteroatoms. The van der Waals surface area contributed by atoms with Crippen molar-refractivity contribution in [2.45, 2.75) is 43.9 Å². The van der Waals surface area contributed by atoms with Crippen molar-refractivity contribution >= 4 is 5.96 Å². The van der Waals surface area contributed by atoms with Crippen LogP contribution in [0.4, 0.5) is 4.39 Å². The van der Waals surface area contributed by atoms with E-state index >= 15 is 0 Å². The number of guanidine groups is 1. The number of likely N-dealkylation sites (tertiary alicyclic amines) is 1. The molecule has 0 atom stereocenters. The van der Waals surface area contributed by atoms with Crippen molar-refractivity contribution in [2.24, 2.45) is 10.7 Å². The Balaban J connectivity index is 1.76. The average Bonchev–Trinajstić information content (AvgIpc) is 2.90. The minimum absolute atomic E-state index is 0.0948. The minimum atomic E-state index is -0.200. The summed E-state index contributed by atoms with van der Waals surface area (Å²) in [6.45, 7) is 4.08. The summed E-state index contributed by atoms with van der Waals surface area (Å²) in [4.78, 5) is 6.97. The van der Waals surface area contributed by atoms with Crippen LogP contribution in [0.2, 0.25) is 0 Å². The molecule has 2 heterocycles. The van der Waals surface area contributed by atoms with Crippen LogP contribution in [0.25, 0.3) is 0 Å². The molecule has 0 aliphatic carbocycles. The first-order valence-corrected chi connectivity index (χ1v) is 9.08. The number of hydrogen-bond donors (Lipinski definition) is 1. The van der Waals surface area contributed by atoms with Gasteiger partial charge in [0.05, 0.1) is 6.54 Å². The van der Waals surface area contributed by atoms with Gasteiger partial charge in [-0.2, -0.15) is 0 Å². The maximum Gasteiger partial charge on any atom is 0.191 e. The van der Waals surface area contributed by atoms with Gasteiger partial charge in [0, 0.05) is 31.7 Å². The van der Waals surface area contributed by atoms with Crippen molar-refractivity contribution in [1.29, 1.82) is 0 Å². The third-order valence-electron chi connectivity index (χ3n) is 5.38. The van der Waals surface area contributed by atoms with Gasteiger partial charge in [-0.3, -0.25) is 4.99 Å². The predicted molar refractivity (Wildman–Crippen MR) is 94.7 cm³/mol. The van der Waals surface area contributed by atoms with E-state index in [-0.39, 0.29) is 11.2 Å². The molecule has 1 aromatic rings. The second-order valence-corrected chi connectivity index (χ2v) is 6.98. The predicted octanol–water partition coefficient (Wildman–Crippen LogP) is 3.06. The lowest BCUT2D eigenvalue weighted by molar-refractivity contribution is 0.0530. The molecule has 1 aromatic carbocycles. The van der Waals surface area contributed by atoms with E-state index < -0.39 is 0 Å². The Morgan fingerprint density at radius 2 is 1.71 bits per heavy atom. The number of halogens is 1. The SMILES string of the molecule is NC(=NCC1(c2ccc(F)cc2)CCOCC1)N1CCCCCC1. The van der Waals surface area contributed by atoms with Crippen LogP contribution in [0.15, 0.2) is 29.3 Å². The number of ether oxygens (including phenoxy) is 1. The molecule has 2 aliphatic rings. The normalized spacial score (nSPS) is 22.2. The summed E-state index contributed by atoms with van der Waals surface area (Å²) in [6.07, 6.45) is 6.73. The van der Waals surface area contributed by atoms with E-state index in [4.69, 9.17) is 15.5 Å². The molecule has 3 rings (SSSR count). The Morgan fingerprint density at radius 1 is 1.08 bits per heavy atom. The van der Waals surface area contributed by atoms with E-state index in [1.807, 2.05) is 12.1 Å². The first-order chi connectivity index (χ1) is 11.7. The quantitative estimate of drug-likeness (QED) is 0.683. The van der Waals surface area contributed by atoms with E-state index in [1.165, 1.54) is 37.8 Å². The topological polar surface area (TPSA) is 50.9 Å². The fourth-order valence-corrected chi connectivity index (χ4v) is 3.74. The molecule has 2 N–H and O–H groups in total. The van der Waals surface area contributed by atoms with Crippen molar-refractivity contribution in [3.8, 4) is 0 Å². The van der Waals surface area contributed by atoms with Crippen molar-refractivity contribution in [3.05, 3.63) is 35.6 Å². The second kappa shape index (κ2) is 7.97. The van der Waals surface area contributed by atoms with Gasteiger partial charge in [0.15, 0.2) is 5.96 Å². The number of rotatable bonds is 3. The summed E-state index contributed by atoms with van der Waals surface area (Å²) in [6, 6.07) is 6.85. The van der Waals surface area contributed by atoms with Gasteiger partial charge in [-0.05, 0) is 43.4 Å². The van der Waals surface area contributed by atoms with Gasteiger partial charge in [0.25, 0.3) is 0 Å². The third kappa shape index (κ3) is 4.07. The Labute approximate surface area is 143 Å². The Hall–Kier alpha value is -1.62. The van der Waals surface area contributed by atoms with Gasteiger partial charge in [-0.1, -0.05) is 25.0 Å². The zero-order valence-corrected chi connectivity index (χ0v) is 14.3. The van der Waals surface area contributed by atoms with Crippen molar-refractivity contribution in [3.63, 3.8) is 0 Å². The van der Waals surface area contributed by atoms with Gasteiger partial charge >= 0.3 is 0 Å². The van der Waals surface area contributed by atoms with E-state index in [2.05, 4.69) is 4.90 Å². The van der Waals surface area contributed by atoms with Gasteiger partial charge < -0.3 is 15.4 Å². The number of nitrogens with zero attached hydrogens (tertiary/aromatic N) is 2. The molecule has 0 saturated carbocycles. The zero-order chi connectivity index (χ0) is 16.8. The molecule has 2 fully saturated rings. The summed E-state index contributed by atoms with van der Waals surface area (Å²) in [5, 5.41) is 0. The van der Waals surface area contributed by atoms with E-state index in [9.17, 15) is 4.39 Å². The van der Waals surface area contributed by atoms with Crippen molar-refractivity contribution < 1.29 is 9.13 Å². The molecular weight excluding hydrogens is 305 g/mol. The number of nitrogens with two attached hydrogens (primary N) is 1. The lowest BCUT2D eigenvalue weighted by atomic mass is 9.74. The molecular formula is C19H28FN3O. The van der Waals surface area contributed by atoms with Crippen LogP contribution in [-0.2, 0) is 10.2 Å². The third-order valence-corrected chi connectivity index (χ3v) is 5.38. The zero-order valence-electron chi connectivity index (χ0n) is 14.3. The van der Waals surface area contributed by atoms with Crippen LogP contribution in [0.5, 0.6) is 0 Å². The lowest BCUT2D eigenvalue weighted by Gasteiger charge is -2.37. The summed E-state index contributed by atoms with van der Waals surface area (Å²) in [5.74, 6) is 0.457. The smallest absolute Gasteiger partial charge is 0.191 e. The molecule has 0 amide bonds. The first kappa shape index (κ1) is 17.2. The van der Waals surface area contributed by atoms with E-state index in [0.29, 0.717) is 12.5 Å². The summed E-state index contributed by atoms with van der Waals surface area (Å²) in [7, 11) is 0. The van der Waals surface area contributed by atoms with Crippen LogP contribution in [0.1, 0.15) is 44.1 Å². The maximum atomic E-state index is 13.3. The highest BCUT2D eigenvalue weighted by Gasteiger charge is 2.34. The van der Waals surface area contributed by atoms with Crippen molar-refractivity contribution in [1.82, 2.24) is 4.90 Å². The Kier molecular flexibility index (Phi) is 5.72. The summed E-state index contributed by atoms with van der Waals surface area (Å²) >= 11 is 0. The maximum absolute atomic E-state index is 13.3. The molecule has 2 aliphatic heterocycles. The minimum Gasteiger partial charge on any atom is -0.381 e. The summed E-state index contributed by atoms with van der Waals surface area (Å²) < 4.78 is 18.8. The standard InChI is InChI=1S/C19H28FN3O/c20-17-7-5-16(6-8-17)19(9-13-24-14-10-19)15-22-18(21)23-11-3-1-2-4-12-23/h5-8H,1-4,9-15H2,(H2,21,22). The Bertz CT molecular complexity index is 544. The van der Waals surface area contributed by atoms with Crippen LogP contribution in [0, 0.1) is 5.82 Å². The number of hydrogen-bond acceptors (Lipinski definition) is 2. The Morgan fingerprint density at radius 3 is 2.33 bits per heavy atom. The average molecular weight is 333 g/mol. The monoisotopic (exact) mass is 333 g/mol. The summed E-state index contributed by atoms with van der Waals surface area (Å²) in [5.41, 5.74) is 7.32. The van der Waals surface area contributed by atoms with Gasteiger partial charge in [-0.15, -0.1) is 0 Å². The highest BCUT2D eigenvalue weighted by molar-refractivity contribution is 5.78. The lowest BCUT2D eigenvalue weighted by Crippen LogP contribution is -2.41. The van der Waals surface area contributed by atoms with Crippen LogP contribution < -0.4 is 5.73 Å². The second-order valence-electron chi connectivity index (χ2n) is 6.98. The van der Waals surface area contributed by atoms with E-state index in [0.717, 1.165) is 44.7 Å². The van der Waals surface area contributed by atoms with Crippen LogP contribution in [0.3, 0.4) is 0 Å². The van der Waals surface area contributed by atoms with Gasteiger partial charge in [0.1, 0.15) is 5.82 Å². The fourth-order valence-electron chi connectivity index (χ4n) is 3.74. The number of benzene rings is 1. The number of aliphatic imine (C=N–C) groups is 1. The molecule has 2 saturated heterocycles. The fraction of sp³-hybridized carbons (Fsp3) is 0.632. The molecule has 24 heavy (non-hydrogen) atoms. The molecule has 0 aromatic heterocycles. The van der Waals surface area contributed by atoms with Gasteiger partial charge in [0.2, 0.25) is 0 Å². The molecule has 132 valence electrons.